The SMILES string of the molecule is CC(C)C[C@H](NC(=O)CNC(=O)[C@H](CCC(N)=O)NC(=O)[C@@H]1CCCN1C(=O)[C@H](CCCN=C(N)N)NC(=O)[C@H](CCCN=C(N)N)NC(=O)[C@H](CCC(N)=O)NC(=O)[C@H](CCCCN)NC(=O)[C@H](CO)NC(=O)[C@H](CCCN=C(N)N)NC(=O)[C@H](C)NC(=O)CNC(=O)[C@@H](N)CO)C(=O)N1CCC[C@H]1C(=O)N[C@@H](CC(N)=O)C(=O)O. The molecule has 116 heavy (non-hydrogen) atoms. The summed E-state index contributed by atoms with van der Waals surface area (Å²) in [5.74, 6) is -19.2. The molecule has 2 rings (SSSR count). The summed E-state index contributed by atoms with van der Waals surface area (Å²) in [6, 6.07) is -19.8. The Kier molecular flexibility index (Phi) is 45.3. The highest BCUT2D eigenvalue weighted by molar-refractivity contribution is 6.01. The highest BCUT2D eigenvalue weighted by Gasteiger charge is 2.43. The lowest BCUT2D eigenvalue weighted by atomic mass is 10.0. The summed E-state index contributed by atoms with van der Waals surface area (Å²) >= 11 is 0. The minimum absolute atomic E-state index is 0.00560. The van der Waals surface area contributed by atoms with Crippen molar-refractivity contribution in [3.05, 3.63) is 0 Å². The van der Waals surface area contributed by atoms with Gasteiger partial charge in [0, 0.05) is 45.6 Å². The van der Waals surface area contributed by atoms with Crippen molar-refractivity contribution in [2.45, 2.75) is 221 Å². The number of carboxylic acid groups (broad SMARTS) is 1. The minimum Gasteiger partial charge on any atom is -0.480 e. The second-order valence-corrected chi connectivity index (χ2v) is 28.0. The number of guanidine groups is 3. The topological polar surface area (TPSA) is 842 Å². The van der Waals surface area contributed by atoms with Crippen molar-refractivity contribution in [2.24, 2.45) is 84.0 Å². The fraction of sp³-hybridized carbons (Fsp3) is 0.687. The molecule has 2 fully saturated rings. The number of carbonyl (C=O) groups is 18. The van der Waals surface area contributed by atoms with Crippen LogP contribution < -0.4 is 127 Å². The normalized spacial score (nSPS) is 16.4. The number of hydrogen-bond donors (Lipinski definition) is 26. The van der Waals surface area contributed by atoms with Crippen molar-refractivity contribution in [2.75, 3.05) is 65.6 Å². The number of likely N-dealkylation sites (tertiary alicyclic amines) is 2. The van der Waals surface area contributed by atoms with E-state index in [0.717, 1.165) is 9.80 Å². The molecule has 0 saturated carbocycles. The predicted molar refractivity (Wildman–Crippen MR) is 413 cm³/mol. The molecule has 2 aliphatic heterocycles. The van der Waals surface area contributed by atoms with Gasteiger partial charge >= 0.3 is 5.97 Å². The molecule has 17 amide bonds. The van der Waals surface area contributed by atoms with Gasteiger partial charge in [-0.15, -0.1) is 0 Å². The summed E-state index contributed by atoms with van der Waals surface area (Å²) in [5.41, 5.74) is 60.6. The van der Waals surface area contributed by atoms with Gasteiger partial charge in [0.15, 0.2) is 17.9 Å². The molecule has 0 bridgehead atoms. The van der Waals surface area contributed by atoms with Gasteiger partial charge in [0.25, 0.3) is 0 Å². The van der Waals surface area contributed by atoms with Crippen LogP contribution >= 0.6 is 0 Å². The number of aliphatic hydroxyl groups is 2. The van der Waals surface area contributed by atoms with Crippen molar-refractivity contribution >= 4 is 124 Å². The van der Waals surface area contributed by atoms with Gasteiger partial charge in [-0.05, 0) is 122 Å². The third-order valence-corrected chi connectivity index (χ3v) is 17.9. The summed E-state index contributed by atoms with van der Waals surface area (Å²) in [6.07, 6.45) is -2.72. The van der Waals surface area contributed by atoms with Crippen molar-refractivity contribution < 1.29 is 102 Å². The smallest absolute Gasteiger partial charge is 0.326 e. The Morgan fingerprint density at radius 1 is 0.405 bits per heavy atom. The van der Waals surface area contributed by atoms with E-state index in [-0.39, 0.29) is 147 Å². The molecule has 652 valence electrons. The summed E-state index contributed by atoms with van der Waals surface area (Å²) in [7, 11) is 0. The van der Waals surface area contributed by atoms with Gasteiger partial charge in [0.05, 0.1) is 32.7 Å². The Balaban J connectivity index is 2.52. The maximum absolute atomic E-state index is 14.9. The standard InChI is InChI=1S/C67H118N28O21/c1-33(2)27-42(63(114)95-26-10-16-46(95)61(112)92-43(64(115)116)28-49(72)100)85-51(102)30-83-54(105)39(17-19-47(70)98)90-60(111)45-15-9-25-94(45)62(113)41(14-8-24-81-67(77)78)91-56(107)38(13-7-23-80-66(75)76)87-58(109)40(18-20-48(71)99)89-55(106)36(11-4-5-21-68)88-59(110)44(32-97)93-57(108)37(12-6-22-79-65(73)74)86-52(103)34(3)84-50(101)29-82-53(104)35(69)31-96/h33-46,96-97H,4-32,68-69H2,1-3H3,(H2,70,98)(H2,71,99)(H2,72,100)(H,82,104)(H,83,105)(H,84,101)(H,85,102)(H,86,103)(H,87,109)(H,88,110)(H,89,106)(H,90,111)(H,91,107)(H,92,112)(H,93,108)(H,115,116)(H4,73,74,79)(H4,75,76,80)(H4,77,78,81)/t34-,35-,36-,37-,38-,39-,40-,41-,42-,43-,44-,45-,46-/m0/s1. The number of primary amides is 3. The number of nitrogens with one attached hydrogen (secondary N) is 12. The van der Waals surface area contributed by atoms with Crippen LogP contribution in [-0.4, -0.2) is 294 Å². The number of unbranched alkanes of at least 4 members (excludes halogenated alkanes) is 1. The second kappa shape index (κ2) is 52.5. The highest BCUT2D eigenvalue weighted by atomic mass is 16.4. The molecule has 2 saturated heterocycles. The Labute approximate surface area is 668 Å². The summed E-state index contributed by atoms with van der Waals surface area (Å²) in [6.45, 7) is 1.13. The molecule has 49 heteroatoms. The van der Waals surface area contributed by atoms with Crippen LogP contribution in [0.15, 0.2) is 15.0 Å². The predicted octanol–water partition coefficient (Wildman–Crippen LogP) is -13.8. The van der Waals surface area contributed by atoms with Gasteiger partial charge in [-0.3, -0.25) is 96.5 Å². The Morgan fingerprint density at radius 3 is 1.18 bits per heavy atom. The number of aliphatic carboxylic acids is 1. The second-order valence-electron chi connectivity index (χ2n) is 28.0. The number of nitrogens with zero attached hydrogens (tertiary/aromatic N) is 5. The number of aliphatic hydroxyl groups excluding tert-OH is 2. The van der Waals surface area contributed by atoms with E-state index in [1.165, 1.54) is 6.92 Å². The minimum atomic E-state index is -1.86. The zero-order chi connectivity index (χ0) is 87.5. The zero-order valence-corrected chi connectivity index (χ0v) is 65.4. The van der Waals surface area contributed by atoms with Gasteiger partial charge in [-0.25, -0.2) is 4.79 Å². The number of nitrogens with two attached hydrogens (primary N) is 11. The molecule has 0 radical (unpaired) electrons. The Morgan fingerprint density at radius 2 is 0.776 bits per heavy atom. The lowest BCUT2D eigenvalue weighted by molar-refractivity contribution is -0.146. The van der Waals surface area contributed by atoms with Gasteiger partial charge in [0.2, 0.25) is 100 Å². The van der Waals surface area contributed by atoms with E-state index in [1.807, 2.05) is 0 Å². The largest absolute Gasteiger partial charge is 0.480 e. The van der Waals surface area contributed by atoms with Crippen LogP contribution in [-0.2, 0) is 86.3 Å². The average molecular weight is 1650 g/mol. The van der Waals surface area contributed by atoms with Crippen LogP contribution in [0.2, 0.25) is 0 Å². The van der Waals surface area contributed by atoms with Crippen molar-refractivity contribution in [3.63, 3.8) is 0 Å². The van der Waals surface area contributed by atoms with Gasteiger partial charge in [-0.1, -0.05) is 13.8 Å². The van der Waals surface area contributed by atoms with E-state index in [0.29, 0.717) is 6.42 Å². The molecule has 49 nitrogen and oxygen atoms in total. The van der Waals surface area contributed by atoms with Crippen LogP contribution in [0.5, 0.6) is 0 Å². The van der Waals surface area contributed by atoms with E-state index in [2.05, 4.69) is 78.8 Å². The zero-order valence-electron chi connectivity index (χ0n) is 65.4. The maximum atomic E-state index is 14.9. The van der Waals surface area contributed by atoms with Crippen LogP contribution in [0.3, 0.4) is 0 Å². The molecule has 13 atom stereocenters. The third kappa shape index (κ3) is 37.8. The number of carboxylic acids is 1. The Bertz CT molecular complexity index is 3500. The van der Waals surface area contributed by atoms with Gasteiger partial charge < -0.3 is 152 Å². The maximum Gasteiger partial charge on any atom is 0.326 e. The summed E-state index contributed by atoms with van der Waals surface area (Å²) in [5, 5.41) is 58.1. The first kappa shape index (κ1) is 100. The molecule has 37 N–H and O–H groups in total. The van der Waals surface area contributed by atoms with Crippen molar-refractivity contribution in [3.8, 4) is 0 Å². The van der Waals surface area contributed by atoms with Crippen LogP contribution in [0, 0.1) is 5.92 Å². The van der Waals surface area contributed by atoms with E-state index < -0.39 is 243 Å². The number of rotatable bonds is 55. The summed E-state index contributed by atoms with van der Waals surface area (Å²) < 4.78 is 0. The number of amides is 17. The monoisotopic (exact) mass is 1650 g/mol. The van der Waals surface area contributed by atoms with Crippen LogP contribution in [0.4, 0.5) is 0 Å². The third-order valence-electron chi connectivity index (χ3n) is 17.9. The number of carbonyl (C=O) groups excluding carboxylic acids is 17. The average Bonchev–Trinajstić information content (AvgIpc) is 1.65. The van der Waals surface area contributed by atoms with Gasteiger partial charge in [-0.2, -0.15) is 0 Å². The van der Waals surface area contributed by atoms with E-state index in [9.17, 15) is 96.5 Å². The van der Waals surface area contributed by atoms with Crippen molar-refractivity contribution in [1.82, 2.24) is 73.6 Å². The quantitative estimate of drug-likeness (QED) is 0.0153. The van der Waals surface area contributed by atoms with Crippen LogP contribution in [0.25, 0.3) is 0 Å². The molecule has 0 aliphatic carbocycles. The van der Waals surface area contributed by atoms with Gasteiger partial charge in [0.1, 0.15) is 78.5 Å². The molecule has 0 spiro atoms. The first-order valence-corrected chi connectivity index (χ1v) is 37.7. The molecular weight excluding hydrogens is 1530 g/mol. The number of hydrogen-bond acceptors (Lipinski definition) is 25. The fourth-order valence-corrected chi connectivity index (χ4v) is 11.9. The summed E-state index contributed by atoms with van der Waals surface area (Å²) in [4.78, 5) is 256. The highest BCUT2D eigenvalue weighted by Crippen LogP contribution is 2.23. The molecular formula is C67H118N28O21. The molecule has 0 aromatic heterocycles. The number of aliphatic imine (C=N–C) groups is 3. The Hall–Kier alpha value is -11.9. The lowest BCUT2D eigenvalue weighted by Gasteiger charge is -2.31. The van der Waals surface area contributed by atoms with E-state index in [4.69, 9.17) is 68.2 Å². The molecule has 0 aromatic carbocycles. The van der Waals surface area contributed by atoms with Crippen LogP contribution in [0.1, 0.15) is 143 Å². The molecule has 2 aliphatic rings. The van der Waals surface area contributed by atoms with E-state index >= 15 is 0 Å². The fourth-order valence-electron chi connectivity index (χ4n) is 11.9. The molecule has 0 aromatic rings. The van der Waals surface area contributed by atoms with Crippen molar-refractivity contribution in [1.29, 1.82) is 0 Å². The molecule has 2 heterocycles. The molecule has 0 unspecified atom stereocenters. The first-order valence-electron chi connectivity index (χ1n) is 37.7. The van der Waals surface area contributed by atoms with E-state index in [1.54, 1.807) is 13.8 Å². The lowest BCUT2D eigenvalue weighted by Crippen LogP contribution is -2.61. The first-order chi connectivity index (χ1) is 54.6.